The third-order valence-corrected chi connectivity index (χ3v) is 9.42. The third-order valence-electron chi connectivity index (χ3n) is 6.87. The van der Waals surface area contributed by atoms with Gasteiger partial charge in [0.1, 0.15) is 0 Å². The van der Waals surface area contributed by atoms with Crippen LogP contribution in [-0.4, -0.2) is 35.6 Å². The molecular formula is C23H38O2S2. The lowest BCUT2D eigenvalue weighted by Crippen LogP contribution is -2.54. The highest BCUT2D eigenvalue weighted by molar-refractivity contribution is 7.99. The van der Waals surface area contributed by atoms with E-state index >= 15 is 0 Å². The number of unbranched alkanes of at least 4 members (excludes halogenated alkanes) is 2. The molecule has 4 aliphatic rings. The zero-order valence-corrected chi connectivity index (χ0v) is 18.8. The summed E-state index contributed by atoms with van der Waals surface area (Å²) in [6.07, 6.45) is 14.9. The van der Waals surface area contributed by atoms with Gasteiger partial charge in [0.05, 0.1) is 6.61 Å². The van der Waals surface area contributed by atoms with Crippen LogP contribution in [0.5, 0.6) is 0 Å². The molecule has 0 aromatic heterocycles. The van der Waals surface area contributed by atoms with Crippen molar-refractivity contribution in [3.05, 3.63) is 12.7 Å². The molecule has 0 aromatic rings. The van der Waals surface area contributed by atoms with Crippen molar-refractivity contribution >= 4 is 29.5 Å². The molecule has 27 heavy (non-hydrogen) atoms. The van der Waals surface area contributed by atoms with E-state index in [4.69, 9.17) is 4.74 Å². The quantitative estimate of drug-likeness (QED) is 0.201. The lowest BCUT2D eigenvalue weighted by molar-refractivity contribution is -0.157. The van der Waals surface area contributed by atoms with E-state index in [1.54, 1.807) is 0 Å². The van der Waals surface area contributed by atoms with Gasteiger partial charge >= 0.3 is 5.97 Å². The van der Waals surface area contributed by atoms with Crippen molar-refractivity contribution in [2.24, 2.45) is 22.7 Å². The molecule has 0 N–H and O–H groups in total. The topological polar surface area (TPSA) is 26.3 Å². The fourth-order valence-electron chi connectivity index (χ4n) is 6.32. The molecule has 0 amide bonds. The second-order valence-corrected chi connectivity index (χ2v) is 11.8. The Hall–Kier alpha value is -0.0900. The van der Waals surface area contributed by atoms with Crippen molar-refractivity contribution in [1.82, 2.24) is 0 Å². The molecule has 0 aromatic carbocycles. The first kappa shape index (κ1) is 21.6. The van der Waals surface area contributed by atoms with Crippen molar-refractivity contribution in [3.8, 4) is 0 Å². The number of ether oxygens (including phenoxy) is 1. The first-order valence-corrected chi connectivity index (χ1v) is 13.3. The minimum atomic E-state index is -0.244. The van der Waals surface area contributed by atoms with Gasteiger partial charge in [0, 0.05) is 11.5 Å². The highest BCUT2D eigenvalue weighted by Gasteiger charge is 2.57. The molecule has 2 nitrogen and oxygen atoms in total. The summed E-state index contributed by atoms with van der Waals surface area (Å²) in [4.78, 5) is 11.6. The smallest absolute Gasteiger partial charge is 0.330 e. The van der Waals surface area contributed by atoms with Crippen LogP contribution in [0.2, 0.25) is 0 Å². The standard InChI is InChI=1S/C23H38O2S2/c1-3-5-8-26-9-6-7-10-27-18-23-14-19-11-20(15-23)13-22(12-19,16-23)17-25-21(24)4-2/h4,19-20H,2-3,5-18H2,1H3. The number of hydrogen-bond donors (Lipinski definition) is 0. The normalized spacial score (nSPS) is 34.0. The molecule has 4 heteroatoms. The summed E-state index contributed by atoms with van der Waals surface area (Å²) in [5, 5.41) is 0. The van der Waals surface area contributed by atoms with E-state index < -0.39 is 0 Å². The number of hydrogen-bond acceptors (Lipinski definition) is 4. The Morgan fingerprint density at radius 3 is 2.33 bits per heavy atom. The second kappa shape index (κ2) is 10.1. The van der Waals surface area contributed by atoms with Crippen molar-refractivity contribution in [1.29, 1.82) is 0 Å². The van der Waals surface area contributed by atoms with Gasteiger partial charge in [-0.05, 0) is 98.0 Å². The zero-order chi connectivity index (χ0) is 19.2. The van der Waals surface area contributed by atoms with Crippen LogP contribution in [0.3, 0.4) is 0 Å². The summed E-state index contributed by atoms with van der Waals surface area (Å²) in [5.74, 6) is 6.85. The first-order valence-electron chi connectivity index (χ1n) is 11.0. The van der Waals surface area contributed by atoms with Crippen LogP contribution < -0.4 is 0 Å². The SMILES string of the molecule is C=CC(=O)OCC12CC3CC(C1)CC(CSCCCCSCCCC)(C3)C2. The number of carbonyl (C=O) groups is 1. The summed E-state index contributed by atoms with van der Waals surface area (Å²) in [6, 6.07) is 0. The van der Waals surface area contributed by atoms with E-state index in [9.17, 15) is 4.79 Å². The predicted octanol–water partition coefficient (Wildman–Crippen LogP) is 6.35. The Labute approximate surface area is 175 Å². The molecule has 0 radical (unpaired) electrons. The van der Waals surface area contributed by atoms with Gasteiger partial charge in [-0.1, -0.05) is 19.9 Å². The lowest BCUT2D eigenvalue weighted by atomic mass is 9.45. The summed E-state index contributed by atoms with van der Waals surface area (Å²) >= 11 is 4.34. The average Bonchev–Trinajstić information content (AvgIpc) is 2.63. The van der Waals surface area contributed by atoms with Crippen LogP contribution >= 0.6 is 23.5 Å². The summed E-state index contributed by atoms with van der Waals surface area (Å²) < 4.78 is 5.55. The Bertz CT molecular complexity index is 491. The number of rotatable bonds is 13. The highest BCUT2D eigenvalue weighted by Crippen LogP contribution is 2.66. The molecular weight excluding hydrogens is 372 g/mol. The maximum atomic E-state index is 11.6. The molecule has 2 atom stereocenters. The van der Waals surface area contributed by atoms with Gasteiger partial charge in [-0.2, -0.15) is 23.5 Å². The maximum absolute atomic E-state index is 11.6. The van der Waals surface area contributed by atoms with E-state index in [-0.39, 0.29) is 11.4 Å². The van der Waals surface area contributed by atoms with Crippen LogP contribution in [0.4, 0.5) is 0 Å². The van der Waals surface area contributed by atoms with Crippen LogP contribution in [0.25, 0.3) is 0 Å². The Morgan fingerprint density at radius 2 is 1.67 bits per heavy atom. The Morgan fingerprint density at radius 1 is 1.04 bits per heavy atom. The van der Waals surface area contributed by atoms with Crippen LogP contribution in [0.1, 0.15) is 71.1 Å². The predicted molar refractivity (Wildman–Crippen MR) is 119 cm³/mol. The van der Waals surface area contributed by atoms with E-state index in [0.717, 1.165) is 11.8 Å². The molecule has 0 saturated heterocycles. The molecule has 0 aliphatic heterocycles. The third kappa shape index (κ3) is 5.95. The molecule has 0 spiro atoms. The van der Waals surface area contributed by atoms with Gasteiger partial charge in [-0.25, -0.2) is 4.79 Å². The molecule has 4 aliphatic carbocycles. The fraction of sp³-hybridized carbons (Fsp3) is 0.870. The summed E-state index contributed by atoms with van der Waals surface area (Å²) in [7, 11) is 0. The number of carbonyl (C=O) groups excluding carboxylic acids is 1. The monoisotopic (exact) mass is 410 g/mol. The van der Waals surface area contributed by atoms with Gasteiger partial charge in [0.25, 0.3) is 0 Å². The Balaban J connectivity index is 1.41. The van der Waals surface area contributed by atoms with E-state index in [1.165, 1.54) is 93.3 Å². The fourth-order valence-corrected chi connectivity index (χ4v) is 8.74. The molecule has 154 valence electrons. The average molecular weight is 411 g/mol. The van der Waals surface area contributed by atoms with Gasteiger partial charge in [-0.15, -0.1) is 0 Å². The van der Waals surface area contributed by atoms with Crippen molar-refractivity contribution in [3.63, 3.8) is 0 Å². The van der Waals surface area contributed by atoms with Crippen molar-refractivity contribution in [2.75, 3.05) is 29.6 Å². The Kier molecular flexibility index (Phi) is 8.08. The molecule has 2 unspecified atom stereocenters. The lowest BCUT2D eigenvalue weighted by Gasteiger charge is -2.62. The van der Waals surface area contributed by atoms with E-state index in [2.05, 4.69) is 37.0 Å². The second-order valence-electron chi connectivity index (χ2n) is 9.50. The van der Waals surface area contributed by atoms with Gasteiger partial charge in [0.15, 0.2) is 0 Å². The summed E-state index contributed by atoms with van der Waals surface area (Å²) in [6.45, 7) is 6.45. The van der Waals surface area contributed by atoms with E-state index in [1.807, 2.05) is 0 Å². The first-order chi connectivity index (χ1) is 13.1. The minimum Gasteiger partial charge on any atom is -0.462 e. The summed E-state index contributed by atoms with van der Waals surface area (Å²) in [5.41, 5.74) is 0.810. The van der Waals surface area contributed by atoms with Crippen molar-refractivity contribution < 1.29 is 9.53 Å². The molecule has 4 rings (SSSR count). The zero-order valence-electron chi connectivity index (χ0n) is 17.2. The van der Waals surface area contributed by atoms with E-state index in [0.29, 0.717) is 12.0 Å². The number of esters is 1. The number of thioether (sulfide) groups is 2. The maximum Gasteiger partial charge on any atom is 0.330 e. The molecule has 0 heterocycles. The molecule has 4 bridgehead atoms. The molecule has 4 saturated carbocycles. The molecule has 4 fully saturated rings. The largest absolute Gasteiger partial charge is 0.462 e. The van der Waals surface area contributed by atoms with Gasteiger partial charge in [-0.3, -0.25) is 0 Å². The minimum absolute atomic E-state index is 0.244. The van der Waals surface area contributed by atoms with Crippen LogP contribution in [0, 0.1) is 22.7 Å². The van der Waals surface area contributed by atoms with Crippen LogP contribution in [0.15, 0.2) is 12.7 Å². The highest BCUT2D eigenvalue weighted by atomic mass is 32.2. The van der Waals surface area contributed by atoms with Gasteiger partial charge in [0.2, 0.25) is 0 Å². The van der Waals surface area contributed by atoms with Crippen molar-refractivity contribution in [2.45, 2.75) is 71.1 Å². The van der Waals surface area contributed by atoms with Gasteiger partial charge < -0.3 is 4.74 Å². The van der Waals surface area contributed by atoms with Crippen LogP contribution in [-0.2, 0) is 9.53 Å².